The summed E-state index contributed by atoms with van der Waals surface area (Å²) in [7, 11) is 0. The van der Waals surface area contributed by atoms with Crippen molar-refractivity contribution < 1.29 is 0 Å². The third-order valence-electron chi connectivity index (χ3n) is 2.81. The third-order valence-corrected chi connectivity index (χ3v) is 3.89. The van der Waals surface area contributed by atoms with Crippen LogP contribution in [0.5, 0.6) is 0 Å². The van der Waals surface area contributed by atoms with E-state index in [2.05, 4.69) is 35.8 Å². The van der Waals surface area contributed by atoms with Crippen LogP contribution >= 0.6 is 11.3 Å². The minimum Gasteiger partial charge on any atom is -0.399 e. The number of nitrogens with one attached hydrogen (secondary N) is 1. The van der Waals surface area contributed by atoms with Gasteiger partial charge in [-0.3, -0.25) is 0 Å². The van der Waals surface area contributed by atoms with Crippen molar-refractivity contribution in [3.05, 3.63) is 51.7 Å². The fourth-order valence-corrected chi connectivity index (χ4v) is 2.64. The van der Waals surface area contributed by atoms with Crippen LogP contribution in [0.25, 0.3) is 0 Å². The van der Waals surface area contributed by atoms with Crippen molar-refractivity contribution in [2.45, 2.75) is 19.9 Å². The Morgan fingerprint density at radius 3 is 2.59 bits per heavy atom. The maximum Gasteiger partial charge on any atom is 0.0314 e. The van der Waals surface area contributed by atoms with Gasteiger partial charge in [-0.05, 0) is 48.1 Å². The molecule has 0 radical (unpaired) electrons. The van der Waals surface area contributed by atoms with E-state index < -0.39 is 0 Å². The Bertz CT molecular complexity index is 459. The van der Waals surface area contributed by atoms with Crippen LogP contribution in [0, 0.1) is 6.92 Å². The van der Waals surface area contributed by atoms with E-state index in [-0.39, 0.29) is 0 Å². The molecule has 0 amide bonds. The largest absolute Gasteiger partial charge is 0.399 e. The van der Waals surface area contributed by atoms with Crippen LogP contribution in [0.2, 0.25) is 0 Å². The first-order valence-electron chi connectivity index (χ1n) is 5.84. The molecule has 0 spiro atoms. The fourth-order valence-electron chi connectivity index (χ4n) is 1.73. The predicted molar refractivity (Wildman–Crippen MR) is 75.3 cm³/mol. The summed E-state index contributed by atoms with van der Waals surface area (Å²) < 4.78 is 0. The molecule has 0 aliphatic heterocycles. The zero-order chi connectivity index (χ0) is 12.1. The minimum atomic E-state index is 0.822. The van der Waals surface area contributed by atoms with E-state index in [1.54, 1.807) is 0 Å². The second-order valence-electron chi connectivity index (χ2n) is 4.20. The summed E-state index contributed by atoms with van der Waals surface area (Å²) in [6.45, 7) is 4.10. The number of thiophene rings is 1. The van der Waals surface area contributed by atoms with E-state index >= 15 is 0 Å². The van der Waals surface area contributed by atoms with Crippen molar-refractivity contribution in [2.24, 2.45) is 0 Å². The molecule has 1 heterocycles. The number of rotatable bonds is 5. The van der Waals surface area contributed by atoms with Gasteiger partial charge in [-0.25, -0.2) is 0 Å². The van der Waals surface area contributed by atoms with Gasteiger partial charge >= 0.3 is 0 Å². The molecule has 0 unspecified atom stereocenters. The third kappa shape index (κ3) is 3.58. The Morgan fingerprint density at radius 1 is 1.18 bits per heavy atom. The lowest BCUT2D eigenvalue weighted by atomic mass is 10.2. The maximum absolute atomic E-state index is 5.64. The average Bonchev–Trinajstić information content (AvgIpc) is 2.73. The smallest absolute Gasteiger partial charge is 0.0314 e. The minimum absolute atomic E-state index is 0.822. The Kier molecular flexibility index (Phi) is 4.18. The standard InChI is InChI=1S/C14H18N2S/c1-11-7-9-17-14(11)6-8-16-10-12-2-4-13(15)5-3-12/h2-5,7,9,16H,6,8,10,15H2,1H3. The molecule has 1 aromatic heterocycles. The fraction of sp³-hybridized carbons (Fsp3) is 0.286. The molecule has 2 rings (SSSR count). The number of hydrogen-bond donors (Lipinski definition) is 2. The molecule has 2 nitrogen and oxygen atoms in total. The van der Waals surface area contributed by atoms with Crippen molar-refractivity contribution in [1.82, 2.24) is 5.32 Å². The lowest BCUT2D eigenvalue weighted by molar-refractivity contribution is 0.689. The highest BCUT2D eigenvalue weighted by Crippen LogP contribution is 2.15. The molecule has 3 heteroatoms. The first kappa shape index (κ1) is 12.1. The Balaban J connectivity index is 1.73. The summed E-state index contributed by atoms with van der Waals surface area (Å²) in [5, 5.41) is 5.61. The summed E-state index contributed by atoms with van der Waals surface area (Å²) in [5.41, 5.74) is 9.15. The Labute approximate surface area is 106 Å². The van der Waals surface area contributed by atoms with Crippen molar-refractivity contribution in [2.75, 3.05) is 12.3 Å². The van der Waals surface area contributed by atoms with E-state index in [0.717, 1.165) is 25.2 Å². The number of nitrogen functional groups attached to an aromatic ring is 1. The second-order valence-corrected chi connectivity index (χ2v) is 5.20. The van der Waals surface area contributed by atoms with Gasteiger partial charge in [0.05, 0.1) is 0 Å². The van der Waals surface area contributed by atoms with Crippen LogP contribution in [0.15, 0.2) is 35.7 Å². The van der Waals surface area contributed by atoms with Gasteiger partial charge in [0.2, 0.25) is 0 Å². The number of anilines is 1. The maximum atomic E-state index is 5.64. The first-order valence-corrected chi connectivity index (χ1v) is 6.72. The van der Waals surface area contributed by atoms with Gasteiger partial charge in [-0.1, -0.05) is 12.1 Å². The summed E-state index contributed by atoms with van der Waals surface area (Å²) in [6, 6.07) is 10.2. The molecule has 0 saturated heterocycles. The number of benzene rings is 1. The summed E-state index contributed by atoms with van der Waals surface area (Å²) in [6.07, 6.45) is 1.11. The highest BCUT2D eigenvalue weighted by atomic mass is 32.1. The summed E-state index contributed by atoms with van der Waals surface area (Å²) in [4.78, 5) is 1.48. The van der Waals surface area contributed by atoms with Gasteiger partial charge in [-0.2, -0.15) is 0 Å². The molecule has 0 atom stereocenters. The molecular formula is C14H18N2S. The quantitative estimate of drug-likeness (QED) is 0.629. The molecule has 3 N–H and O–H groups in total. The van der Waals surface area contributed by atoms with E-state index in [1.807, 2.05) is 23.5 Å². The van der Waals surface area contributed by atoms with Crippen LogP contribution in [-0.2, 0) is 13.0 Å². The Hall–Kier alpha value is -1.32. The lowest BCUT2D eigenvalue weighted by Gasteiger charge is -2.05. The molecule has 17 heavy (non-hydrogen) atoms. The van der Waals surface area contributed by atoms with E-state index in [1.165, 1.54) is 16.0 Å². The monoisotopic (exact) mass is 246 g/mol. The molecule has 0 aliphatic carbocycles. The topological polar surface area (TPSA) is 38.0 Å². The Morgan fingerprint density at radius 2 is 1.94 bits per heavy atom. The zero-order valence-corrected chi connectivity index (χ0v) is 10.9. The predicted octanol–water partition coefficient (Wildman–Crippen LogP) is 2.97. The van der Waals surface area contributed by atoms with E-state index in [9.17, 15) is 0 Å². The number of nitrogens with two attached hydrogens (primary N) is 1. The van der Waals surface area contributed by atoms with Gasteiger partial charge in [0.1, 0.15) is 0 Å². The van der Waals surface area contributed by atoms with Gasteiger partial charge in [0.15, 0.2) is 0 Å². The van der Waals surface area contributed by atoms with Gasteiger partial charge in [0, 0.05) is 23.7 Å². The van der Waals surface area contributed by atoms with E-state index in [0.29, 0.717) is 0 Å². The van der Waals surface area contributed by atoms with Crippen LogP contribution < -0.4 is 11.1 Å². The highest BCUT2D eigenvalue weighted by Gasteiger charge is 1.99. The first-order chi connectivity index (χ1) is 8.25. The van der Waals surface area contributed by atoms with Crippen LogP contribution in [0.1, 0.15) is 16.0 Å². The molecule has 1 aromatic carbocycles. The van der Waals surface area contributed by atoms with Crippen LogP contribution in [0.3, 0.4) is 0 Å². The molecule has 0 saturated carbocycles. The second kappa shape index (κ2) is 5.84. The molecule has 0 fully saturated rings. The average molecular weight is 246 g/mol. The van der Waals surface area contributed by atoms with Crippen LogP contribution in [0.4, 0.5) is 5.69 Å². The van der Waals surface area contributed by atoms with Crippen molar-refractivity contribution in [3.63, 3.8) is 0 Å². The molecule has 0 bridgehead atoms. The molecule has 90 valence electrons. The van der Waals surface area contributed by atoms with Crippen molar-refractivity contribution in [3.8, 4) is 0 Å². The van der Waals surface area contributed by atoms with Gasteiger partial charge in [-0.15, -0.1) is 11.3 Å². The van der Waals surface area contributed by atoms with Crippen molar-refractivity contribution >= 4 is 17.0 Å². The SMILES string of the molecule is Cc1ccsc1CCNCc1ccc(N)cc1. The van der Waals surface area contributed by atoms with Gasteiger partial charge < -0.3 is 11.1 Å². The van der Waals surface area contributed by atoms with Crippen molar-refractivity contribution in [1.29, 1.82) is 0 Å². The summed E-state index contributed by atoms with van der Waals surface area (Å²) in [5.74, 6) is 0. The normalized spacial score (nSPS) is 10.6. The number of aryl methyl sites for hydroxylation is 1. The molecular weight excluding hydrogens is 228 g/mol. The molecule has 0 aliphatic rings. The molecule has 2 aromatic rings. The van der Waals surface area contributed by atoms with Crippen LogP contribution in [-0.4, -0.2) is 6.54 Å². The summed E-state index contributed by atoms with van der Waals surface area (Å²) >= 11 is 1.84. The highest BCUT2D eigenvalue weighted by molar-refractivity contribution is 7.10. The van der Waals surface area contributed by atoms with Gasteiger partial charge in [0.25, 0.3) is 0 Å². The number of hydrogen-bond acceptors (Lipinski definition) is 3. The van der Waals surface area contributed by atoms with E-state index in [4.69, 9.17) is 5.73 Å². The zero-order valence-electron chi connectivity index (χ0n) is 10.1. The lowest BCUT2D eigenvalue weighted by Crippen LogP contribution is -2.16.